The number of fused-ring (bicyclic) bond motifs is 1. The maximum absolute atomic E-state index is 13.4. The lowest BCUT2D eigenvalue weighted by Gasteiger charge is -2.34. The van der Waals surface area contributed by atoms with Crippen molar-refractivity contribution in [3.05, 3.63) is 29.8 Å². The molecule has 1 aromatic carbocycles. The van der Waals surface area contributed by atoms with E-state index in [2.05, 4.69) is 11.4 Å². The summed E-state index contributed by atoms with van der Waals surface area (Å²) < 4.78 is 0. The van der Waals surface area contributed by atoms with Gasteiger partial charge in [0.15, 0.2) is 0 Å². The quantitative estimate of drug-likeness (QED) is 0.583. The molecule has 0 spiro atoms. The van der Waals surface area contributed by atoms with Crippen LogP contribution in [0, 0.1) is 11.8 Å². The molecule has 1 aliphatic carbocycles. The van der Waals surface area contributed by atoms with Crippen LogP contribution in [0.25, 0.3) is 0 Å². The molecule has 1 aromatic rings. The standard InChI is InChI=1S/C23H36N4O2/c24-14-4-3-8-20(26-22(28)19-12-10-17(16-25)11-13-19)23(29)27-15-5-7-18-6-1-2-9-21(18)27/h1-2,6,9,17,19-20H,3-5,7-8,10-16,24-25H2,(H,26,28)/t17?,19?,20-/m0/s1. The third-order valence-electron chi connectivity index (χ3n) is 6.49. The van der Waals surface area contributed by atoms with Crippen LogP contribution < -0.4 is 21.7 Å². The monoisotopic (exact) mass is 400 g/mol. The average molecular weight is 401 g/mol. The molecule has 1 saturated carbocycles. The molecule has 3 rings (SSSR count). The summed E-state index contributed by atoms with van der Waals surface area (Å²) in [4.78, 5) is 28.2. The number of aryl methyl sites for hydroxylation is 1. The molecule has 160 valence electrons. The minimum atomic E-state index is -0.479. The smallest absolute Gasteiger partial charge is 0.249 e. The van der Waals surface area contributed by atoms with Gasteiger partial charge in [-0.2, -0.15) is 0 Å². The number of para-hydroxylation sites is 1. The predicted octanol–water partition coefficient (Wildman–Crippen LogP) is 2.34. The molecule has 5 N–H and O–H groups in total. The Bertz CT molecular complexity index is 685. The Hall–Kier alpha value is -1.92. The van der Waals surface area contributed by atoms with Gasteiger partial charge in [-0.25, -0.2) is 0 Å². The van der Waals surface area contributed by atoms with E-state index in [1.54, 1.807) is 0 Å². The van der Waals surface area contributed by atoms with Crippen LogP contribution in [0.3, 0.4) is 0 Å². The Morgan fingerprint density at radius 3 is 2.59 bits per heavy atom. The fourth-order valence-corrected chi connectivity index (χ4v) is 4.65. The van der Waals surface area contributed by atoms with Gasteiger partial charge < -0.3 is 21.7 Å². The zero-order valence-electron chi connectivity index (χ0n) is 17.4. The number of nitrogens with one attached hydrogen (secondary N) is 1. The van der Waals surface area contributed by atoms with Gasteiger partial charge in [-0.3, -0.25) is 9.59 Å². The Balaban J connectivity index is 1.68. The molecule has 6 nitrogen and oxygen atoms in total. The van der Waals surface area contributed by atoms with Crippen LogP contribution in [-0.2, 0) is 16.0 Å². The van der Waals surface area contributed by atoms with Crippen LogP contribution in [0.5, 0.6) is 0 Å². The van der Waals surface area contributed by atoms with Crippen molar-refractivity contribution in [1.82, 2.24) is 5.32 Å². The molecular weight excluding hydrogens is 364 g/mol. The molecule has 0 radical (unpaired) electrons. The molecule has 0 aromatic heterocycles. The van der Waals surface area contributed by atoms with Crippen molar-refractivity contribution in [3.8, 4) is 0 Å². The van der Waals surface area contributed by atoms with Gasteiger partial charge in [-0.05, 0) is 88.4 Å². The highest BCUT2D eigenvalue weighted by atomic mass is 16.2. The van der Waals surface area contributed by atoms with Gasteiger partial charge in [-0.15, -0.1) is 0 Å². The van der Waals surface area contributed by atoms with Crippen molar-refractivity contribution < 1.29 is 9.59 Å². The van der Waals surface area contributed by atoms with Crippen molar-refractivity contribution in [2.45, 2.75) is 63.8 Å². The number of unbranched alkanes of at least 4 members (excludes halogenated alkanes) is 1. The lowest BCUT2D eigenvalue weighted by Crippen LogP contribution is -2.51. The third kappa shape index (κ3) is 5.58. The van der Waals surface area contributed by atoms with Gasteiger partial charge in [0, 0.05) is 18.2 Å². The van der Waals surface area contributed by atoms with E-state index in [-0.39, 0.29) is 17.7 Å². The lowest BCUT2D eigenvalue weighted by atomic mass is 9.81. The molecule has 2 amide bonds. The van der Waals surface area contributed by atoms with Crippen molar-refractivity contribution in [2.75, 3.05) is 24.5 Å². The number of nitrogens with zero attached hydrogens (tertiary/aromatic N) is 1. The van der Waals surface area contributed by atoms with E-state index in [1.165, 1.54) is 5.56 Å². The zero-order chi connectivity index (χ0) is 20.6. The van der Waals surface area contributed by atoms with Crippen LogP contribution in [-0.4, -0.2) is 37.5 Å². The van der Waals surface area contributed by atoms with E-state index in [4.69, 9.17) is 11.5 Å². The molecule has 1 heterocycles. The normalized spacial score (nSPS) is 22.6. The highest BCUT2D eigenvalue weighted by molar-refractivity contribution is 6.00. The van der Waals surface area contributed by atoms with E-state index in [1.807, 2.05) is 23.1 Å². The van der Waals surface area contributed by atoms with Crippen LogP contribution >= 0.6 is 0 Å². The average Bonchev–Trinajstić information content (AvgIpc) is 2.77. The molecule has 0 bridgehead atoms. The molecule has 1 fully saturated rings. The molecule has 29 heavy (non-hydrogen) atoms. The summed E-state index contributed by atoms with van der Waals surface area (Å²) in [5, 5.41) is 3.10. The van der Waals surface area contributed by atoms with Crippen molar-refractivity contribution in [2.24, 2.45) is 23.3 Å². The molecule has 1 aliphatic heterocycles. The van der Waals surface area contributed by atoms with E-state index in [9.17, 15) is 9.59 Å². The Kier molecular flexibility index (Phi) is 8.07. The van der Waals surface area contributed by atoms with Crippen molar-refractivity contribution >= 4 is 17.5 Å². The lowest BCUT2D eigenvalue weighted by molar-refractivity contribution is -0.131. The summed E-state index contributed by atoms with van der Waals surface area (Å²) in [7, 11) is 0. The van der Waals surface area contributed by atoms with Crippen LogP contribution in [0.1, 0.15) is 56.9 Å². The number of carbonyl (C=O) groups excluding carboxylic acids is 2. The van der Waals surface area contributed by atoms with Crippen molar-refractivity contribution in [3.63, 3.8) is 0 Å². The zero-order valence-corrected chi connectivity index (χ0v) is 17.4. The van der Waals surface area contributed by atoms with Gasteiger partial charge in [0.05, 0.1) is 0 Å². The first-order chi connectivity index (χ1) is 14.1. The number of hydrogen-bond donors (Lipinski definition) is 3. The second-order valence-electron chi connectivity index (χ2n) is 8.52. The first kappa shape index (κ1) is 21.8. The Labute approximate surface area is 174 Å². The fraction of sp³-hybridized carbons (Fsp3) is 0.652. The van der Waals surface area contributed by atoms with E-state index < -0.39 is 6.04 Å². The number of carbonyl (C=O) groups is 2. The number of amides is 2. The van der Waals surface area contributed by atoms with Gasteiger partial charge >= 0.3 is 0 Å². The molecule has 1 atom stereocenters. The Morgan fingerprint density at radius 2 is 1.86 bits per heavy atom. The number of anilines is 1. The topological polar surface area (TPSA) is 101 Å². The molecule has 0 saturated heterocycles. The van der Waals surface area contributed by atoms with Gasteiger partial charge in [0.25, 0.3) is 0 Å². The van der Waals surface area contributed by atoms with Gasteiger partial charge in [0.2, 0.25) is 11.8 Å². The van der Waals surface area contributed by atoms with Crippen LogP contribution in [0.4, 0.5) is 5.69 Å². The highest BCUT2D eigenvalue weighted by Crippen LogP contribution is 2.30. The number of rotatable bonds is 8. The second kappa shape index (κ2) is 10.7. The first-order valence-electron chi connectivity index (χ1n) is 11.2. The minimum Gasteiger partial charge on any atom is -0.344 e. The van der Waals surface area contributed by atoms with Gasteiger partial charge in [-0.1, -0.05) is 18.2 Å². The van der Waals surface area contributed by atoms with E-state index >= 15 is 0 Å². The SMILES string of the molecule is NCCCC[C@H](NC(=O)C1CCC(CN)CC1)C(=O)N1CCCc2ccccc21. The van der Waals surface area contributed by atoms with Crippen LogP contribution in [0.2, 0.25) is 0 Å². The first-order valence-corrected chi connectivity index (χ1v) is 11.2. The summed E-state index contributed by atoms with van der Waals surface area (Å²) in [6.45, 7) is 2.01. The predicted molar refractivity (Wildman–Crippen MR) is 116 cm³/mol. The summed E-state index contributed by atoms with van der Waals surface area (Å²) in [5.74, 6) is 0.567. The number of hydrogen-bond acceptors (Lipinski definition) is 4. The maximum Gasteiger partial charge on any atom is 0.249 e. The molecule has 0 unspecified atom stereocenters. The third-order valence-corrected chi connectivity index (χ3v) is 6.49. The fourth-order valence-electron chi connectivity index (χ4n) is 4.65. The molecule has 6 heteroatoms. The van der Waals surface area contributed by atoms with Crippen LogP contribution in [0.15, 0.2) is 24.3 Å². The molecule has 2 aliphatic rings. The summed E-state index contributed by atoms with van der Waals surface area (Å²) in [6, 6.07) is 7.62. The van der Waals surface area contributed by atoms with Crippen molar-refractivity contribution in [1.29, 1.82) is 0 Å². The summed E-state index contributed by atoms with van der Waals surface area (Å²) in [6.07, 6.45) is 8.01. The molecular formula is C23H36N4O2. The van der Waals surface area contributed by atoms with Gasteiger partial charge in [0.1, 0.15) is 6.04 Å². The number of benzene rings is 1. The van der Waals surface area contributed by atoms with E-state index in [0.29, 0.717) is 32.0 Å². The minimum absolute atomic E-state index is 0.00347. The number of nitrogens with two attached hydrogens (primary N) is 2. The van der Waals surface area contributed by atoms with E-state index in [0.717, 1.165) is 57.1 Å². The second-order valence-corrected chi connectivity index (χ2v) is 8.52. The largest absolute Gasteiger partial charge is 0.344 e. The Morgan fingerprint density at radius 1 is 1.10 bits per heavy atom. The maximum atomic E-state index is 13.4. The summed E-state index contributed by atoms with van der Waals surface area (Å²) in [5.41, 5.74) is 13.6. The highest BCUT2D eigenvalue weighted by Gasteiger charge is 2.32. The summed E-state index contributed by atoms with van der Waals surface area (Å²) >= 11 is 0.